The molecule has 0 amide bonds. The molecule has 3 rings (SSSR count). The minimum absolute atomic E-state index is 0.608. The number of hydrogen-bond donors (Lipinski definition) is 0. The zero-order valence-electron chi connectivity index (χ0n) is 9.93. The van der Waals surface area contributed by atoms with Crippen LogP contribution in [0.15, 0.2) is 33.6 Å². The summed E-state index contributed by atoms with van der Waals surface area (Å²) in [5.41, 5.74) is 0. The van der Waals surface area contributed by atoms with E-state index in [1.807, 2.05) is 23.1 Å². The van der Waals surface area contributed by atoms with E-state index in [0.29, 0.717) is 10.9 Å². The van der Waals surface area contributed by atoms with Gasteiger partial charge in [0.2, 0.25) is 0 Å². The van der Waals surface area contributed by atoms with E-state index in [9.17, 15) is 0 Å². The van der Waals surface area contributed by atoms with Crippen molar-refractivity contribution in [1.29, 1.82) is 0 Å². The summed E-state index contributed by atoms with van der Waals surface area (Å²) < 4.78 is 3.93. The van der Waals surface area contributed by atoms with Gasteiger partial charge in [0.25, 0.3) is 0 Å². The normalized spacial score (nSPS) is 15.6. The summed E-state index contributed by atoms with van der Waals surface area (Å²) >= 11 is 12.8. The Kier molecular flexibility index (Phi) is 3.82. The number of halogens is 3. The van der Waals surface area contributed by atoms with Gasteiger partial charge in [-0.25, -0.2) is 4.98 Å². The Labute approximate surface area is 133 Å². The lowest BCUT2D eigenvalue weighted by molar-refractivity contribution is 0.340. The fraction of sp³-hybridized carbons (Fsp3) is 0.333. The summed E-state index contributed by atoms with van der Waals surface area (Å²) in [7, 11) is 0. The molecule has 0 radical (unpaired) electrons. The van der Waals surface area contributed by atoms with E-state index in [-0.39, 0.29) is 0 Å². The van der Waals surface area contributed by atoms with Gasteiger partial charge in [-0.15, -0.1) is 0 Å². The van der Waals surface area contributed by atoms with Crippen molar-refractivity contribution in [3.63, 3.8) is 0 Å². The second-order valence-electron chi connectivity index (χ2n) is 4.61. The molecule has 4 nitrogen and oxygen atoms in total. The van der Waals surface area contributed by atoms with Crippen LogP contribution < -0.4 is 4.90 Å². The van der Waals surface area contributed by atoms with E-state index in [2.05, 4.69) is 46.8 Å². The zero-order chi connectivity index (χ0) is 13.4. The van der Waals surface area contributed by atoms with Crippen molar-refractivity contribution in [3.8, 4) is 0 Å². The number of aromatic nitrogens is 3. The molecule has 1 fully saturated rings. The smallest absolute Gasteiger partial charge is 0.142 e. The fourth-order valence-electron chi connectivity index (χ4n) is 2.20. The number of hydrogen-bond acceptors (Lipinski definition) is 3. The third-order valence-corrected chi connectivity index (χ3v) is 4.29. The van der Waals surface area contributed by atoms with E-state index >= 15 is 0 Å². The number of nitrogens with zero attached hydrogens (tertiary/aromatic N) is 4. The molecule has 0 unspecified atom stereocenters. The number of anilines is 1. The molecular weight excluding hydrogens is 395 g/mol. The topological polar surface area (TPSA) is 34.0 Å². The van der Waals surface area contributed by atoms with E-state index in [0.717, 1.165) is 34.4 Å². The van der Waals surface area contributed by atoms with Gasteiger partial charge < -0.3 is 4.90 Å². The van der Waals surface area contributed by atoms with Gasteiger partial charge in [-0.05, 0) is 37.9 Å². The summed E-state index contributed by atoms with van der Waals surface area (Å²) in [6, 6.07) is 1.88. The average molecular weight is 407 g/mol. The Morgan fingerprint density at radius 1 is 1.32 bits per heavy atom. The molecule has 0 N–H and O–H groups in total. The van der Waals surface area contributed by atoms with Gasteiger partial charge in [0.05, 0.1) is 20.2 Å². The van der Waals surface area contributed by atoms with Crippen molar-refractivity contribution in [2.75, 3.05) is 18.0 Å². The first-order chi connectivity index (χ1) is 9.11. The Hall–Kier alpha value is -0.590. The quantitative estimate of drug-likeness (QED) is 0.781. The van der Waals surface area contributed by atoms with E-state index in [4.69, 9.17) is 11.6 Å². The molecule has 0 saturated carbocycles. The Morgan fingerprint density at radius 2 is 2.11 bits per heavy atom. The largest absolute Gasteiger partial charge is 0.355 e. The van der Waals surface area contributed by atoms with Crippen LogP contribution in [0.5, 0.6) is 0 Å². The van der Waals surface area contributed by atoms with Gasteiger partial charge in [0, 0.05) is 37.9 Å². The highest BCUT2D eigenvalue weighted by Crippen LogP contribution is 2.31. The summed E-state index contributed by atoms with van der Waals surface area (Å²) in [4.78, 5) is 6.60. The molecule has 2 aromatic rings. The van der Waals surface area contributed by atoms with Crippen molar-refractivity contribution >= 4 is 49.3 Å². The van der Waals surface area contributed by atoms with Crippen LogP contribution >= 0.6 is 43.5 Å². The Morgan fingerprint density at radius 3 is 2.74 bits per heavy atom. The summed E-state index contributed by atoms with van der Waals surface area (Å²) in [5, 5.41) is 4.92. The summed E-state index contributed by atoms with van der Waals surface area (Å²) in [6.45, 7) is 2.92. The van der Waals surface area contributed by atoms with Gasteiger partial charge in [-0.3, -0.25) is 4.68 Å². The molecule has 0 aliphatic carbocycles. The van der Waals surface area contributed by atoms with Crippen LogP contribution in [0.25, 0.3) is 0 Å². The second-order valence-corrected chi connectivity index (χ2v) is 6.82. The third-order valence-electron chi connectivity index (χ3n) is 3.09. The van der Waals surface area contributed by atoms with E-state index < -0.39 is 0 Å². The first-order valence-electron chi connectivity index (χ1n) is 5.86. The number of pyridine rings is 1. The highest BCUT2D eigenvalue weighted by atomic mass is 79.9. The highest BCUT2D eigenvalue weighted by molar-refractivity contribution is 9.10. The van der Waals surface area contributed by atoms with Crippen molar-refractivity contribution in [2.24, 2.45) is 5.92 Å². The zero-order valence-corrected chi connectivity index (χ0v) is 13.9. The molecule has 0 spiro atoms. The molecule has 7 heteroatoms. The standard InChI is InChI=1S/C12H11Br2ClN4/c13-9-2-17-19(7-9)6-8-4-18(5-8)12-11(14)1-10(15)3-16-12/h1-3,7-8H,4-6H2. The fourth-order valence-corrected chi connectivity index (χ4v) is 3.42. The van der Waals surface area contributed by atoms with Crippen LogP contribution in [-0.4, -0.2) is 27.9 Å². The van der Waals surface area contributed by atoms with Crippen LogP contribution in [0.1, 0.15) is 0 Å². The van der Waals surface area contributed by atoms with Crippen LogP contribution in [0.2, 0.25) is 5.02 Å². The average Bonchev–Trinajstić information content (AvgIpc) is 2.70. The highest BCUT2D eigenvalue weighted by Gasteiger charge is 2.29. The predicted octanol–water partition coefficient (Wildman–Crippen LogP) is 3.59. The lowest BCUT2D eigenvalue weighted by Gasteiger charge is -2.40. The summed E-state index contributed by atoms with van der Waals surface area (Å²) in [6.07, 6.45) is 5.49. The molecule has 0 atom stereocenters. The maximum atomic E-state index is 5.89. The molecule has 1 aliphatic rings. The molecule has 0 aromatic carbocycles. The molecule has 2 aromatic heterocycles. The van der Waals surface area contributed by atoms with Gasteiger partial charge >= 0.3 is 0 Å². The van der Waals surface area contributed by atoms with Crippen LogP contribution in [0.3, 0.4) is 0 Å². The SMILES string of the molecule is Clc1cnc(N2CC(Cn3cc(Br)cn3)C2)c(Br)c1. The monoisotopic (exact) mass is 404 g/mol. The molecule has 1 aliphatic heterocycles. The van der Waals surface area contributed by atoms with Crippen molar-refractivity contribution in [1.82, 2.24) is 14.8 Å². The first-order valence-corrected chi connectivity index (χ1v) is 7.82. The molecule has 0 bridgehead atoms. The Bertz CT molecular complexity index is 595. The molecular formula is C12H11Br2ClN4. The van der Waals surface area contributed by atoms with Gasteiger partial charge in [-0.2, -0.15) is 5.10 Å². The van der Waals surface area contributed by atoms with E-state index in [1.54, 1.807) is 6.20 Å². The second kappa shape index (κ2) is 5.42. The maximum Gasteiger partial charge on any atom is 0.142 e. The van der Waals surface area contributed by atoms with E-state index in [1.165, 1.54) is 0 Å². The molecule has 100 valence electrons. The van der Waals surface area contributed by atoms with Crippen LogP contribution in [-0.2, 0) is 6.54 Å². The number of rotatable bonds is 3. The van der Waals surface area contributed by atoms with Crippen LogP contribution in [0, 0.1) is 5.92 Å². The lowest BCUT2D eigenvalue weighted by Crippen LogP contribution is -2.49. The Balaban J connectivity index is 1.60. The van der Waals surface area contributed by atoms with Crippen molar-refractivity contribution in [2.45, 2.75) is 6.54 Å². The minimum Gasteiger partial charge on any atom is -0.355 e. The van der Waals surface area contributed by atoms with Gasteiger partial charge in [0.15, 0.2) is 0 Å². The van der Waals surface area contributed by atoms with Crippen molar-refractivity contribution < 1.29 is 0 Å². The lowest BCUT2D eigenvalue weighted by atomic mass is 10.0. The minimum atomic E-state index is 0.608. The van der Waals surface area contributed by atoms with Crippen LogP contribution in [0.4, 0.5) is 5.82 Å². The maximum absolute atomic E-state index is 5.89. The first kappa shape index (κ1) is 13.4. The molecule has 3 heterocycles. The molecule has 19 heavy (non-hydrogen) atoms. The third kappa shape index (κ3) is 2.95. The van der Waals surface area contributed by atoms with Gasteiger partial charge in [-0.1, -0.05) is 11.6 Å². The van der Waals surface area contributed by atoms with Crippen molar-refractivity contribution in [3.05, 3.63) is 38.6 Å². The molecule has 1 saturated heterocycles. The van der Waals surface area contributed by atoms with Gasteiger partial charge in [0.1, 0.15) is 5.82 Å². The predicted molar refractivity (Wildman–Crippen MR) is 82.6 cm³/mol. The summed E-state index contributed by atoms with van der Waals surface area (Å²) in [5.74, 6) is 1.57.